The predicted molar refractivity (Wildman–Crippen MR) is 109 cm³/mol. The molecule has 28 heavy (non-hydrogen) atoms. The molecule has 9 heteroatoms. The first-order valence-electron chi connectivity index (χ1n) is 8.07. The number of benzene rings is 2. The topological polar surface area (TPSA) is 113 Å². The molecular weight excluding hydrogens is 396 g/mol. The van der Waals surface area contributed by atoms with Crippen molar-refractivity contribution in [2.75, 3.05) is 6.26 Å². The van der Waals surface area contributed by atoms with E-state index in [4.69, 9.17) is 0 Å². The zero-order chi connectivity index (χ0) is 20.1. The molecule has 0 bridgehead atoms. The molecule has 0 aliphatic carbocycles. The van der Waals surface area contributed by atoms with Crippen LogP contribution in [0.5, 0.6) is 0 Å². The molecule has 0 saturated heterocycles. The number of aromatic amines is 1. The Bertz CT molecular complexity index is 1120. The molecule has 2 aromatic carbocycles. The number of hydrogen-bond donors (Lipinski definition) is 1. The fourth-order valence-electron chi connectivity index (χ4n) is 2.53. The molecule has 1 aromatic heterocycles. The van der Waals surface area contributed by atoms with Crippen molar-refractivity contribution in [3.8, 4) is 17.3 Å². The molecule has 0 radical (unpaired) electrons. The van der Waals surface area contributed by atoms with Gasteiger partial charge in [0, 0.05) is 17.4 Å². The molecule has 140 valence electrons. The van der Waals surface area contributed by atoms with Crippen LogP contribution < -0.4 is 5.56 Å². The molecule has 0 unspecified atom stereocenters. The third kappa shape index (κ3) is 4.24. The molecular formula is C19H14N4O3S2. The third-order valence-electron chi connectivity index (χ3n) is 3.87. The Morgan fingerprint density at radius 3 is 2.64 bits per heavy atom. The van der Waals surface area contributed by atoms with Gasteiger partial charge in [0.1, 0.15) is 11.6 Å². The van der Waals surface area contributed by atoms with E-state index in [-0.39, 0.29) is 16.9 Å². The molecule has 0 atom stereocenters. The number of nitrogens with one attached hydrogen (secondary N) is 1. The number of hydrogen-bond acceptors (Lipinski definition) is 7. The van der Waals surface area contributed by atoms with Gasteiger partial charge in [0.05, 0.1) is 15.5 Å². The van der Waals surface area contributed by atoms with Crippen molar-refractivity contribution in [2.24, 2.45) is 0 Å². The molecule has 3 rings (SSSR count). The zero-order valence-electron chi connectivity index (χ0n) is 14.7. The first-order valence-corrected chi connectivity index (χ1v) is 10.3. The van der Waals surface area contributed by atoms with E-state index in [0.29, 0.717) is 21.4 Å². The average Bonchev–Trinajstić information content (AvgIpc) is 2.72. The van der Waals surface area contributed by atoms with E-state index >= 15 is 0 Å². The van der Waals surface area contributed by atoms with Crippen LogP contribution in [0.1, 0.15) is 11.1 Å². The quantitative estimate of drug-likeness (QED) is 0.280. The van der Waals surface area contributed by atoms with Gasteiger partial charge in [-0.1, -0.05) is 48.2 Å². The second kappa shape index (κ2) is 8.73. The summed E-state index contributed by atoms with van der Waals surface area (Å²) in [5.41, 5.74) is 0.722. The summed E-state index contributed by atoms with van der Waals surface area (Å²) < 4.78 is 0. The molecule has 0 spiro atoms. The molecule has 0 fully saturated rings. The van der Waals surface area contributed by atoms with Crippen LogP contribution >= 0.6 is 23.5 Å². The smallest absolute Gasteiger partial charge is 0.283 e. The number of rotatable bonds is 6. The maximum Gasteiger partial charge on any atom is 0.283 e. The molecule has 3 aromatic rings. The Balaban J connectivity index is 2.02. The van der Waals surface area contributed by atoms with Crippen LogP contribution in [0, 0.1) is 21.4 Å². The molecule has 0 saturated carbocycles. The maximum atomic E-state index is 12.1. The van der Waals surface area contributed by atoms with Gasteiger partial charge in [0.25, 0.3) is 11.2 Å². The Morgan fingerprint density at radius 1 is 1.25 bits per heavy atom. The highest BCUT2D eigenvalue weighted by molar-refractivity contribution is 7.98. The molecule has 1 N–H and O–H groups in total. The fraction of sp³-hybridized carbons (Fsp3) is 0.105. The Hall–Kier alpha value is -3.09. The lowest BCUT2D eigenvalue weighted by Crippen LogP contribution is -2.14. The SMILES string of the molecule is CSc1nc(-c2ccc(SCc3ccccc3)c([N+](=O)[O-])c2)c(C#N)c(=O)[nH]1. The van der Waals surface area contributed by atoms with Crippen LogP contribution in [0.3, 0.4) is 0 Å². The highest BCUT2D eigenvalue weighted by Gasteiger charge is 2.19. The lowest BCUT2D eigenvalue weighted by atomic mass is 10.1. The van der Waals surface area contributed by atoms with Crippen LogP contribution in [0.2, 0.25) is 0 Å². The second-order valence-electron chi connectivity index (χ2n) is 5.62. The van der Waals surface area contributed by atoms with Gasteiger partial charge >= 0.3 is 0 Å². The van der Waals surface area contributed by atoms with Gasteiger partial charge in [0.2, 0.25) is 0 Å². The van der Waals surface area contributed by atoms with E-state index in [1.807, 2.05) is 36.4 Å². The third-order valence-corrected chi connectivity index (χ3v) is 5.58. The van der Waals surface area contributed by atoms with Gasteiger partial charge in [0.15, 0.2) is 5.16 Å². The van der Waals surface area contributed by atoms with E-state index < -0.39 is 10.5 Å². The molecule has 0 aliphatic heterocycles. The number of nitrogens with zero attached hydrogens (tertiary/aromatic N) is 3. The van der Waals surface area contributed by atoms with Crippen LogP contribution in [0.25, 0.3) is 11.3 Å². The Morgan fingerprint density at radius 2 is 2.00 bits per heavy atom. The van der Waals surface area contributed by atoms with Crippen molar-refractivity contribution in [1.29, 1.82) is 5.26 Å². The average molecular weight is 410 g/mol. The van der Waals surface area contributed by atoms with Gasteiger partial charge in [-0.25, -0.2) is 4.98 Å². The normalized spacial score (nSPS) is 10.4. The van der Waals surface area contributed by atoms with Crippen molar-refractivity contribution in [2.45, 2.75) is 15.8 Å². The van der Waals surface area contributed by atoms with Gasteiger partial charge < -0.3 is 4.98 Å². The van der Waals surface area contributed by atoms with Gasteiger partial charge in [-0.2, -0.15) is 5.26 Å². The first-order chi connectivity index (χ1) is 13.5. The lowest BCUT2D eigenvalue weighted by molar-refractivity contribution is -0.387. The van der Waals surface area contributed by atoms with Crippen molar-refractivity contribution in [3.63, 3.8) is 0 Å². The van der Waals surface area contributed by atoms with Gasteiger partial charge in [-0.3, -0.25) is 14.9 Å². The minimum atomic E-state index is -0.568. The van der Waals surface area contributed by atoms with Crippen molar-refractivity contribution in [1.82, 2.24) is 9.97 Å². The molecule has 0 amide bonds. The number of thioether (sulfide) groups is 2. The van der Waals surface area contributed by atoms with Crippen LogP contribution in [0.15, 0.2) is 63.4 Å². The van der Waals surface area contributed by atoms with Crippen LogP contribution in [-0.4, -0.2) is 21.1 Å². The summed E-state index contributed by atoms with van der Waals surface area (Å²) in [6, 6.07) is 16.1. The van der Waals surface area contributed by atoms with Crippen molar-refractivity contribution in [3.05, 3.63) is 80.1 Å². The Kier molecular flexibility index (Phi) is 6.13. The first kappa shape index (κ1) is 19.7. The van der Waals surface area contributed by atoms with E-state index in [0.717, 1.165) is 5.56 Å². The zero-order valence-corrected chi connectivity index (χ0v) is 16.3. The minimum Gasteiger partial charge on any atom is -0.300 e. The second-order valence-corrected chi connectivity index (χ2v) is 7.44. The van der Waals surface area contributed by atoms with Crippen molar-refractivity contribution >= 4 is 29.2 Å². The number of nitro groups is 1. The van der Waals surface area contributed by atoms with E-state index in [1.54, 1.807) is 18.4 Å². The van der Waals surface area contributed by atoms with Gasteiger partial charge in [-0.05, 0) is 17.9 Å². The monoisotopic (exact) mass is 410 g/mol. The summed E-state index contributed by atoms with van der Waals surface area (Å²) in [6.45, 7) is 0. The number of nitriles is 1. The standard InChI is InChI=1S/C19H14N4O3S2/c1-27-19-21-17(14(10-20)18(24)22-19)13-7-8-16(15(9-13)23(25)26)28-11-12-5-3-2-4-6-12/h2-9H,11H2,1H3,(H,21,22,24). The minimum absolute atomic E-state index is 0.0879. The maximum absolute atomic E-state index is 12.1. The largest absolute Gasteiger partial charge is 0.300 e. The highest BCUT2D eigenvalue weighted by atomic mass is 32.2. The summed E-state index contributed by atoms with van der Waals surface area (Å²) in [7, 11) is 0. The van der Waals surface area contributed by atoms with E-state index in [9.17, 15) is 20.2 Å². The Labute approximate surface area is 169 Å². The predicted octanol–water partition coefficient (Wildman–Crippen LogP) is 4.23. The summed E-state index contributed by atoms with van der Waals surface area (Å²) in [4.78, 5) is 30.5. The molecule has 7 nitrogen and oxygen atoms in total. The number of nitro benzene ring substituents is 1. The highest BCUT2D eigenvalue weighted by Crippen LogP contribution is 2.35. The summed E-state index contributed by atoms with van der Waals surface area (Å²) in [6.07, 6.45) is 1.74. The molecule has 0 aliphatic rings. The van der Waals surface area contributed by atoms with Crippen LogP contribution in [0.4, 0.5) is 5.69 Å². The van der Waals surface area contributed by atoms with Crippen LogP contribution in [-0.2, 0) is 5.75 Å². The number of H-pyrrole nitrogens is 1. The summed E-state index contributed by atoms with van der Waals surface area (Å²) >= 11 is 2.57. The van der Waals surface area contributed by atoms with Crippen molar-refractivity contribution < 1.29 is 4.92 Å². The molecule has 1 heterocycles. The van der Waals surface area contributed by atoms with Gasteiger partial charge in [-0.15, -0.1) is 11.8 Å². The summed E-state index contributed by atoms with van der Waals surface area (Å²) in [5, 5.41) is 21.2. The lowest BCUT2D eigenvalue weighted by Gasteiger charge is -2.08. The van der Waals surface area contributed by atoms with E-state index in [2.05, 4.69) is 9.97 Å². The van der Waals surface area contributed by atoms with E-state index in [1.165, 1.54) is 29.6 Å². The number of aromatic nitrogens is 2. The fourth-order valence-corrected chi connectivity index (χ4v) is 3.86. The summed E-state index contributed by atoms with van der Waals surface area (Å²) in [5.74, 6) is 0.588.